The van der Waals surface area contributed by atoms with E-state index in [-0.39, 0.29) is 29.6 Å². The maximum absolute atomic E-state index is 12.7. The molecule has 0 unspecified atom stereocenters. The van der Waals surface area contributed by atoms with Crippen LogP contribution in [0.4, 0.5) is 0 Å². The molecule has 0 aliphatic rings. The van der Waals surface area contributed by atoms with Crippen LogP contribution in [0, 0.1) is 27.7 Å². The van der Waals surface area contributed by atoms with Gasteiger partial charge in [0, 0.05) is 24.3 Å². The third-order valence-electron chi connectivity index (χ3n) is 6.86. The first-order valence-electron chi connectivity index (χ1n) is 15.8. The molecule has 50 heavy (non-hydrogen) atoms. The Morgan fingerprint density at radius 1 is 0.680 bits per heavy atom. The van der Waals surface area contributed by atoms with Gasteiger partial charge in [0.05, 0.1) is 24.0 Å². The summed E-state index contributed by atoms with van der Waals surface area (Å²) in [5, 5.41) is 3.13. The van der Waals surface area contributed by atoms with Gasteiger partial charge in [-0.1, -0.05) is 52.4 Å². The summed E-state index contributed by atoms with van der Waals surface area (Å²) in [6.07, 6.45) is 10.2. The summed E-state index contributed by atoms with van der Waals surface area (Å²) >= 11 is 0. The summed E-state index contributed by atoms with van der Waals surface area (Å²) in [5.74, 6) is 1.32. The minimum Gasteiger partial charge on any atom is -0.497 e. The number of rotatable bonds is 15. The second-order valence-corrected chi connectivity index (χ2v) is 15.3. The van der Waals surface area contributed by atoms with Gasteiger partial charge in [-0.3, -0.25) is 0 Å². The van der Waals surface area contributed by atoms with Crippen molar-refractivity contribution in [3.8, 4) is 11.5 Å². The highest BCUT2D eigenvalue weighted by Crippen LogP contribution is 2.29. The molecule has 0 saturated heterocycles. The SMILES string of the molecule is CCCCCCN(C)S(=O)(=O)c1c(C)cc(OC)cc1C.CCCCCCNC.COc1cc(C)c(S(=O)(=O)Cl)c(C)c1.Cl.O=C=O.O=C=O. The number of carbonyl (C=O) groups excluding carboxylic acids is 4. The Hall–Kier alpha value is -2.80. The van der Waals surface area contributed by atoms with Crippen LogP contribution in [-0.4, -0.2) is 74.8 Å². The van der Waals surface area contributed by atoms with Crippen LogP contribution in [0.2, 0.25) is 0 Å². The second kappa shape index (κ2) is 31.0. The minimum atomic E-state index is -3.67. The molecule has 0 radical (unpaired) electrons. The summed E-state index contributed by atoms with van der Waals surface area (Å²) in [5.41, 5.74) is 2.65. The van der Waals surface area contributed by atoms with E-state index in [1.807, 2.05) is 20.9 Å². The van der Waals surface area contributed by atoms with E-state index in [0.29, 0.717) is 34.1 Å². The van der Waals surface area contributed by atoms with Crippen molar-refractivity contribution in [1.82, 2.24) is 9.62 Å². The zero-order chi connectivity index (χ0) is 38.6. The molecule has 0 aliphatic carbocycles. The number of hydrogen-bond acceptors (Lipinski definition) is 11. The number of unbranched alkanes of at least 4 members (excludes halogenated alkanes) is 6. The molecule has 12 nitrogen and oxygen atoms in total. The number of methoxy groups -OCH3 is 2. The molecule has 0 aromatic heterocycles. The van der Waals surface area contributed by atoms with E-state index in [1.54, 1.807) is 52.3 Å². The van der Waals surface area contributed by atoms with Crippen LogP contribution >= 0.6 is 23.1 Å². The Kier molecular flexibility index (Phi) is 33.4. The maximum Gasteiger partial charge on any atom is 0.373 e. The topological polar surface area (TPSA) is 170 Å². The molecule has 1 N–H and O–H groups in total. The van der Waals surface area contributed by atoms with Crippen LogP contribution in [0.1, 0.15) is 87.5 Å². The number of benzene rings is 2. The van der Waals surface area contributed by atoms with Gasteiger partial charge in [0.2, 0.25) is 10.0 Å². The number of nitrogens with one attached hydrogen (secondary N) is 1. The molecule has 0 fully saturated rings. The van der Waals surface area contributed by atoms with E-state index < -0.39 is 19.1 Å². The Bertz CT molecular complexity index is 1440. The molecule has 0 bridgehead atoms. The van der Waals surface area contributed by atoms with E-state index >= 15 is 0 Å². The fourth-order valence-corrected chi connectivity index (χ4v) is 7.84. The average Bonchev–Trinajstić information content (AvgIpc) is 3.01. The van der Waals surface area contributed by atoms with Gasteiger partial charge in [-0.15, -0.1) is 12.4 Å². The van der Waals surface area contributed by atoms with E-state index in [9.17, 15) is 16.8 Å². The Morgan fingerprint density at radius 2 is 1.02 bits per heavy atom. The third-order valence-corrected chi connectivity index (χ3v) is 10.6. The molecule has 0 spiro atoms. The van der Waals surface area contributed by atoms with Gasteiger partial charge < -0.3 is 14.8 Å². The molecule has 288 valence electrons. The molecule has 2 aromatic rings. The van der Waals surface area contributed by atoms with E-state index in [1.165, 1.54) is 43.6 Å². The highest BCUT2D eigenvalue weighted by atomic mass is 35.7. The third kappa shape index (κ3) is 22.8. The first-order chi connectivity index (χ1) is 22.9. The smallest absolute Gasteiger partial charge is 0.373 e. The summed E-state index contributed by atoms with van der Waals surface area (Å²) in [6.45, 7) is 13.1. The van der Waals surface area contributed by atoms with Gasteiger partial charge >= 0.3 is 12.3 Å². The number of hydrogen-bond donors (Lipinski definition) is 1. The van der Waals surface area contributed by atoms with Gasteiger partial charge in [-0.05, 0) is 101 Å². The minimum absolute atomic E-state index is 0. The van der Waals surface area contributed by atoms with Crippen LogP contribution in [0.15, 0.2) is 34.1 Å². The molecule has 0 heterocycles. The van der Waals surface area contributed by atoms with Crippen LogP contribution in [0.3, 0.4) is 0 Å². The van der Waals surface area contributed by atoms with Crippen molar-refractivity contribution in [1.29, 1.82) is 0 Å². The monoisotopic (exact) mass is 786 g/mol. The summed E-state index contributed by atoms with van der Waals surface area (Å²) < 4.78 is 59.5. The highest BCUT2D eigenvalue weighted by molar-refractivity contribution is 8.13. The number of ether oxygens (including phenoxy) is 2. The summed E-state index contributed by atoms with van der Waals surface area (Å²) in [4.78, 5) is 33.1. The molecule has 2 rings (SSSR count). The molecule has 0 atom stereocenters. The Morgan fingerprint density at radius 3 is 1.32 bits per heavy atom. The number of halogens is 2. The van der Waals surface area contributed by atoms with E-state index in [0.717, 1.165) is 36.8 Å². The normalized spacial score (nSPS) is 10.1. The fraction of sp³-hybridized carbons (Fsp3) is 0.588. The standard InChI is InChI=1S/C16H27NO3S.C9H11ClO3S.C7H17N.2CO2.ClH/c1-6-7-8-9-10-17(4)21(18,19)16-13(2)11-15(20-5)12-14(16)3;1-6-4-8(13-3)5-7(2)9(6)14(10,11)12;1-3-4-5-6-7-8-2;2*2-1-3;/h11-12H,6-10H2,1-5H3;4-5H,1-3H3;8H,3-7H2,1-2H3;;;1H. The predicted molar refractivity (Wildman–Crippen MR) is 197 cm³/mol. The second-order valence-electron chi connectivity index (χ2n) is 10.8. The first-order valence-corrected chi connectivity index (χ1v) is 19.5. The van der Waals surface area contributed by atoms with E-state index in [2.05, 4.69) is 19.2 Å². The fourth-order valence-electron chi connectivity index (χ4n) is 4.61. The molecular weight excluding hydrogens is 731 g/mol. The quantitative estimate of drug-likeness (QED) is 0.149. The molecular formula is C34H56Cl2N2O10S2. The lowest BCUT2D eigenvalue weighted by atomic mass is 10.1. The van der Waals surface area contributed by atoms with Crippen molar-refractivity contribution in [2.75, 3.05) is 41.4 Å². The number of sulfonamides is 1. The van der Waals surface area contributed by atoms with Crippen molar-refractivity contribution in [2.24, 2.45) is 0 Å². The van der Waals surface area contributed by atoms with Crippen molar-refractivity contribution in [2.45, 2.75) is 103 Å². The van der Waals surface area contributed by atoms with Crippen molar-refractivity contribution in [3.05, 3.63) is 46.5 Å². The van der Waals surface area contributed by atoms with Gasteiger partial charge in [-0.25, -0.2) is 21.1 Å². The van der Waals surface area contributed by atoms with Crippen LogP contribution in [-0.2, 0) is 38.3 Å². The summed E-state index contributed by atoms with van der Waals surface area (Å²) in [6, 6.07) is 6.82. The first kappa shape index (κ1) is 54.0. The number of nitrogens with zero attached hydrogens (tertiary/aromatic N) is 1. The molecule has 2 aromatic carbocycles. The predicted octanol–water partition coefficient (Wildman–Crippen LogP) is 6.79. The van der Waals surface area contributed by atoms with Crippen molar-refractivity contribution in [3.63, 3.8) is 0 Å². The van der Waals surface area contributed by atoms with Crippen molar-refractivity contribution >= 4 is 54.5 Å². The molecule has 0 amide bonds. The molecule has 0 saturated carbocycles. The van der Waals surface area contributed by atoms with Gasteiger partial charge in [0.25, 0.3) is 9.05 Å². The average molecular weight is 788 g/mol. The zero-order valence-corrected chi connectivity index (χ0v) is 34.2. The maximum atomic E-state index is 12.7. The van der Waals surface area contributed by atoms with Crippen LogP contribution in [0.5, 0.6) is 11.5 Å². The van der Waals surface area contributed by atoms with Crippen LogP contribution < -0.4 is 14.8 Å². The van der Waals surface area contributed by atoms with Crippen LogP contribution in [0.25, 0.3) is 0 Å². The Balaban J connectivity index is -0.000000314. The number of aryl methyl sites for hydroxylation is 4. The van der Waals surface area contributed by atoms with Gasteiger partial charge in [0.1, 0.15) is 11.5 Å². The molecule has 16 heteroatoms. The molecule has 0 aliphatic heterocycles. The van der Waals surface area contributed by atoms with Gasteiger partial charge in [0.15, 0.2) is 0 Å². The van der Waals surface area contributed by atoms with E-state index in [4.69, 9.17) is 39.3 Å². The highest BCUT2D eigenvalue weighted by Gasteiger charge is 2.25. The largest absolute Gasteiger partial charge is 0.497 e. The summed E-state index contributed by atoms with van der Waals surface area (Å²) in [7, 11) is 4.97. The lowest BCUT2D eigenvalue weighted by Crippen LogP contribution is -2.29. The Labute approximate surface area is 310 Å². The zero-order valence-electron chi connectivity index (χ0n) is 31.0. The lowest BCUT2D eigenvalue weighted by molar-refractivity contribution is -0.193. The van der Waals surface area contributed by atoms with Crippen molar-refractivity contribution < 1.29 is 45.5 Å². The lowest BCUT2D eigenvalue weighted by Gasteiger charge is -2.20. The van der Waals surface area contributed by atoms with Gasteiger partial charge in [-0.2, -0.15) is 19.2 Å².